The normalized spacial score (nSPS) is 11.1. The van der Waals surface area contributed by atoms with Gasteiger partial charge in [-0.3, -0.25) is 0 Å². The van der Waals surface area contributed by atoms with Gasteiger partial charge in [-0.2, -0.15) is 0 Å². The van der Waals surface area contributed by atoms with Crippen LogP contribution in [0.1, 0.15) is 45.4 Å². The van der Waals surface area contributed by atoms with E-state index in [1.54, 1.807) is 0 Å². The van der Waals surface area contributed by atoms with Crippen LogP contribution in [0.5, 0.6) is 0 Å². The van der Waals surface area contributed by atoms with Gasteiger partial charge in [-0.05, 0) is 12.8 Å². The van der Waals surface area contributed by atoms with Crippen molar-refractivity contribution in [3.8, 4) is 0 Å². The quantitative estimate of drug-likeness (QED) is 0.309. The van der Waals surface area contributed by atoms with E-state index in [1.165, 1.54) is 45.1 Å². The van der Waals surface area contributed by atoms with Crippen molar-refractivity contribution < 1.29 is 21.8 Å². The fraction of sp³-hybridized carbons (Fsp3) is 0.750. The highest BCUT2D eigenvalue weighted by molar-refractivity contribution is 6.50. The van der Waals surface area contributed by atoms with Crippen molar-refractivity contribution in [2.24, 2.45) is 7.05 Å². The molecule has 0 atom stereocenters. The highest BCUT2D eigenvalue weighted by Gasteiger charge is 2.20. The lowest BCUT2D eigenvalue weighted by molar-refractivity contribution is -0.671. The van der Waals surface area contributed by atoms with Gasteiger partial charge < -0.3 is 17.3 Å². The van der Waals surface area contributed by atoms with Crippen molar-refractivity contribution in [1.82, 2.24) is 4.57 Å². The van der Waals surface area contributed by atoms with Crippen LogP contribution in [0.3, 0.4) is 0 Å². The van der Waals surface area contributed by atoms with Gasteiger partial charge in [0.15, 0.2) is 0 Å². The Kier molecular flexibility index (Phi) is 9.34. The monoisotopic (exact) mass is 282 g/mol. The summed E-state index contributed by atoms with van der Waals surface area (Å²) in [7, 11) is -3.93. The third-order valence-corrected chi connectivity index (χ3v) is 2.59. The number of aromatic nitrogens is 2. The van der Waals surface area contributed by atoms with Crippen LogP contribution in [0.25, 0.3) is 0 Å². The van der Waals surface area contributed by atoms with Gasteiger partial charge in [0.1, 0.15) is 12.4 Å². The molecule has 1 aromatic rings. The van der Waals surface area contributed by atoms with E-state index >= 15 is 0 Å². The Morgan fingerprint density at radius 3 is 2.00 bits per heavy atom. The van der Waals surface area contributed by atoms with Gasteiger partial charge in [0, 0.05) is 0 Å². The highest BCUT2D eigenvalue weighted by Crippen LogP contribution is 2.06. The number of hydrogen-bond acceptors (Lipinski definition) is 0. The summed E-state index contributed by atoms with van der Waals surface area (Å²) in [5, 5.41) is 0. The van der Waals surface area contributed by atoms with Gasteiger partial charge in [0.2, 0.25) is 6.33 Å². The molecule has 0 radical (unpaired) electrons. The summed E-state index contributed by atoms with van der Waals surface area (Å²) in [6, 6.07) is 0. The second kappa shape index (κ2) is 9.86. The maximum absolute atomic E-state index is 9.75. The maximum Gasteiger partial charge on any atom is 0.673 e. The first-order valence-electron chi connectivity index (χ1n) is 6.71. The van der Waals surface area contributed by atoms with Gasteiger partial charge in [0.05, 0.1) is 13.6 Å². The average molecular weight is 282 g/mol. The standard InChI is InChI=1S/C12H23N2.BF4/c1-3-4-5-6-7-8-9-14-11-10-13(2)12-14;2-1(3,4)5/h10-12H,3-9H2,1-2H3;/q+1;-1. The van der Waals surface area contributed by atoms with Crippen LogP contribution in [-0.4, -0.2) is 11.8 Å². The zero-order valence-corrected chi connectivity index (χ0v) is 11.7. The van der Waals surface area contributed by atoms with Crippen LogP contribution in [0.2, 0.25) is 0 Å². The van der Waals surface area contributed by atoms with E-state index in [0.717, 1.165) is 0 Å². The third-order valence-electron chi connectivity index (χ3n) is 2.59. The molecule has 2 nitrogen and oxygen atoms in total. The molecule has 1 aromatic heterocycles. The summed E-state index contributed by atoms with van der Waals surface area (Å²) in [5.74, 6) is 0. The van der Waals surface area contributed by atoms with Crippen LogP contribution in [-0.2, 0) is 13.6 Å². The topological polar surface area (TPSA) is 8.81 Å². The van der Waals surface area contributed by atoms with Gasteiger partial charge >= 0.3 is 7.25 Å². The van der Waals surface area contributed by atoms with Crippen LogP contribution in [0.4, 0.5) is 17.3 Å². The third kappa shape index (κ3) is 14.9. The molecule has 0 aliphatic heterocycles. The van der Waals surface area contributed by atoms with Crippen LogP contribution >= 0.6 is 0 Å². The summed E-state index contributed by atoms with van der Waals surface area (Å²) in [4.78, 5) is 0. The number of unbranched alkanes of at least 4 members (excludes halogenated alkanes) is 5. The number of nitrogens with zero attached hydrogens (tertiary/aromatic N) is 2. The predicted octanol–water partition coefficient (Wildman–Crippen LogP) is 3.97. The number of rotatable bonds is 7. The van der Waals surface area contributed by atoms with E-state index in [-0.39, 0.29) is 0 Å². The molecule has 0 saturated carbocycles. The maximum atomic E-state index is 9.75. The molecule has 0 aliphatic carbocycles. The molecule has 0 aliphatic rings. The molecule has 112 valence electrons. The minimum Gasteiger partial charge on any atom is -0.418 e. The van der Waals surface area contributed by atoms with Gasteiger partial charge in [0.25, 0.3) is 0 Å². The molecule has 0 aromatic carbocycles. The first-order valence-corrected chi connectivity index (χ1v) is 6.71. The lowest BCUT2D eigenvalue weighted by atomic mass is 10.1. The molecule has 0 fully saturated rings. The Morgan fingerprint density at radius 2 is 1.53 bits per heavy atom. The van der Waals surface area contributed by atoms with Gasteiger partial charge in [-0.15, -0.1) is 0 Å². The molecular weight excluding hydrogens is 259 g/mol. The first kappa shape index (κ1) is 18.0. The van der Waals surface area contributed by atoms with Gasteiger partial charge in [-0.1, -0.05) is 32.6 Å². The second-order valence-electron chi connectivity index (χ2n) is 4.58. The molecule has 0 bridgehead atoms. The lowest BCUT2D eigenvalue weighted by Gasteiger charge is -1.98. The Morgan fingerprint density at radius 1 is 1.00 bits per heavy atom. The summed E-state index contributed by atoms with van der Waals surface area (Å²) in [5.41, 5.74) is 0. The van der Waals surface area contributed by atoms with E-state index in [4.69, 9.17) is 0 Å². The molecule has 0 unspecified atom stereocenters. The van der Waals surface area contributed by atoms with E-state index in [9.17, 15) is 17.3 Å². The van der Waals surface area contributed by atoms with Crippen molar-refractivity contribution in [1.29, 1.82) is 0 Å². The fourth-order valence-electron chi connectivity index (χ4n) is 1.71. The number of imidazole rings is 1. The Hall–Kier alpha value is -1.01. The molecule has 19 heavy (non-hydrogen) atoms. The Balaban J connectivity index is 0.000000555. The fourth-order valence-corrected chi connectivity index (χ4v) is 1.71. The van der Waals surface area contributed by atoms with Crippen molar-refractivity contribution in [2.45, 2.75) is 52.0 Å². The van der Waals surface area contributed by atoms with Crippen molar-refractivity contribution in [3.63, 3.8) is 0 Å². The zero-order chi connectivity index (χ0) is 14.7. The van der Waals surface area contributed by atoms with Crippen LogP contribution in [0, 0.1) is 0 Å². The first-order chi connectivity index (χ1) is 8.83. The highest BCUT2D eigenvalue weighted by atomic mass is 19.5. The van der Waals surface area contributed by atoms with E-state index in [0.29, 0.717) is 0 Å². The molecule has 0 spiro atoms. The average Bonchev–Trinajstić information content (AvgIpc) is 2.67. The number of hydrogen-bond donors (Lipinski definition) is 0. The lowest BCUT2D eigenvalue weighted by Crippen LogP contribution is -2.23. The van der Waals surface area contributed by atoms with Crippen molar-refractivity contribution in [3.05, 3.63) is 18.7 Å². The van der Waals surface area contributed by atoms with Crippen LogP contribution in [0.15, 0.2) is 18.7 Å². The largest absolute Gasteiger partial charge is 0.673 e. The van der Waals surface area contributed by atoms with E-state index in [1.807, 2.05) is 0 Å². The van der Waals surface area contributed by atoms with Crippen molar-refractivity contribution in [2.75, 3.05) is 0 Å². The van der Waals surface area contributed by atoms with E-state index < -0.39 is 7.25 Å². The molecule has 0 amide bonds. The zero-order valence-electron chi connectivity index (χ0n) is 11.7. The van der Waals surface area contributed by atoms with Gasteiger partial charge in [-0.25, -0.2) is 9.13 Å². The SMILES string of the molecule is CCCCCCCCn1cc[n+](C)c1.F[B-](F)(F)F. The minimum atomic E-state index is -6.00. The second-order valence-corrected chi connectivity index (χ2v) is 4.58. The summed E-state index contributed by atoms with van der Waals surface area (Å²) >= 11 is 0. The minimum absolute atomic E-state index is 1.17. The number of aryl methyl sites for hydroxylation is 2. The van der Waals surface area contributed by atoms with Crippen molar-refractivity contribution >= 4 is 7.25 Å². The van der Waals surface area contributed by atoms with E-state index in [2.05, 4.69) is 41.8 Å². The molecule has 7 heteroatoms. The molecule has 0 saturated heterocycles. The Bertz CT molecular complexity index is 320. The molecular formula is C12H23BF4N2. The Labute approximate surface area is 112 Å². The molecule has 1 rings (SSSR count). The number of halogens is 4. The predicted molar refractivity (Wildman–Crippen MR) is 69.2 cm³/mol. The smallest absolute Gasteiger partial charge is 0.418 e. The molecule has 0 N–H and O–H groups in total. The molecule has 1 heterocycles. The van der Waals surface area contributed by atoms with Crippen LogP contribution < -0.4 is 4.57 Å². The summed E-state index contributed by atoms with van der Waals surface area (Å²) < 4.78 is 43.4. The summed E-state index contributed by atoms with van der Waals surface area (Å²) in [6.07, 6.45) is 14.6. The summed E-state index contributed by atoms with van der Waals surface area (Å²) in [6.45, 7) is 3.44.